The lowest BCUT2D eigenvalue weighted by molar-refractivity contribution is 0.188. The van der Waals surface area contributed by atoms with E-state index in [1.165, 1.54) is 0 Å². The summed E-state index contributed by atoms with van der Waals surface area (Å²) in [5, 5.41) is 3.05. The molecule has 0 aliphatic carbocycles. The molecule has 2 amide bonds. The van der Waals surface area contributed by atoms with Crippen molar-refractivity contribution in [2.75, 3.05) is 16.8 Å². The Kier molecular flexibility index (Phi) is 4.51. The third kappa shape index (κ3) is 3.16. The number of hydrogen-bond acceptors (Lipinski definition) is 2. The minimum Gasteiger partial charge on any atom is -0.486 e. The van der Waals surface area contributed by atoms with Gasteiger partial charge in [0.15, 0.2) is 0 Å². The van der Waals surface area contributed by atoms with Crippen molar-refractivity contribution in [1.82, 2.24) is 0 Å². The molecule has 1 heterocycles. The lowest BCUT2D eigenvalue weighted by Gasteiger charge is -2.34. The van der Waals surface area contributed by atoms with Gasteiger partial charge in [-0.05, 0) is 36.6 Å². The molecular formula is C19H22N2O2. The van der Waals surface area contributed by atoms with E-state index in [4.69, 9.17) is 4.74 Å². The SMILES string of the molecule is CCc1ccccc1NC(=O)N1CC(CC)Oc2ccccc21. The number of para-hydroxylation sites is 3. The van der Waals surface area contributed by atoms with Crippen LogP contribution in [0.1, 0.15) is 25.8 Å². The predicted molar refractivity (Wildman–Crippen MR) is 93.3 cm³/mol. The third-order valence-electron chi connectivity index (χ3n) is 4.18. The maximum absolute atomic E-state index is 12.8. The van der Waals surface area contributed by atoms with E-state index < -0.39 is 0 Å². The number of hydrogen-bond donors (Lipinski definition) is 1. The summed E-state index contributed by atoms with van der Waals surface area (Å²) in [6.45, 7) is 4.72. The molecule has 4 heteroatoms. The zero-order chi connectivity index (χ0) is 16.2. The number of benzene rings is 2. The molecule has 2 aromatic carbocycles. The Bertz CT molecular complexity index is 699. The zero-order valence-corrected chi connectivity index (χ0v) is 13.6. The quantitative estimate of drug-likeness (QED) is 0.909. The molecule has 0 spiro atoms. The highest BCUT2D eigenvalue weighted by Crippen LogP contribution is 2.34. The highest BCUT2D eigenvalue weighted by molar-refractivity contribution is 6.03. The number of carbonyl (C=O) groups excluding carboxylic acids is 1. The highest BCUT2D eigenvalue weighted by atomic mass is 16.5. The van der Waals surface area contributed by atoms with E-state index in [0.717, 1.165) is 35.5 Å². The van der Waals surface area contributed by atoms with Crippen molar-refractivity contribution in [2.45, 2.75) is 32.8 Å². The fraction of sp³-hybridized carbons (Fsp3) is 0.316. The molecule has 23 heavy (non-hydrogen) atoms. The second kappa shape index (κ2) is 6.73. The Hall–Kier alpha value is -2.49. The fourth-order valence-electron chi connectivity index (χ4n) is 2.84. The van der Waals surface area contributed by atoms with E-state index >= 15 is 0 Å². The number of rotatable bonds is 3. The van der Waals surface area contributed by atoms with E-state index in [0.29, 0.717) is 6.54 Å². The van der Waals surface area contributed by atoms with Crippen LogP contribution in [0, 0.1) is 0 Å². The molecule has 1 N–H and O–H groups in total. The minimum absolute atomic E-state index is 0.0251. The highest BCUT2D eigenvalue weighted by Gasteiger charge is 2.28. The number of carbonyl (C=O) groups is 1. The van der Waals surface area contributed by atoms with E-state index in [1.807, 2.05) is 48.5 Å². The number of ether oxygens (including phenoxy) is 1. The molecule has 2 aromatic rings. The number of nitrogens with one attached hydrogen (secondary N) is 1. The van der Waals surface area contributed by atoms with Crippen molar-refractivity contribution in [3.05, 3.63) is 54.1 Å². The van der Waals surface area contributed by atoms with Gasteiger partial charge in [0.2, 0.25) is 0 Å². The zero-order valence-electron chi connectivity index (χ0n) is 13.6. The molecule has 1 aliphatic rings. The Morgan fingerprint density at radius 3 is 2.70 bits per heavy atom. The third-order valence-corrected chi connectivity index (χ3v) is 4.18. The van der Waals surface area contributed by atoms with Gasteiger partial charge in [-0.25, -0.2) is 4.79 Å². The molecule has 4 nitrogen and oxygen atoms in total. The van der Waals surface area contributed by atoms with E-state index in [2.05, 4.69) is 19.2 Å². The van der Waals surface area contributed by atoms with Gasteiger partial charge in [0, 0.05) is 5.69 Å². The second-order valence-corrected chi connectivity index (χ2v) is 5.67. The van der Waals surface area contributed by atoms with Gasteiger partial charge in [0.05, 0.1) is 12.2 Å². The molecule has 0 aromatic heterocycles. The van der Waals surface area contributed by atoms with Gasteiger partial charge in [-0.2, -0.15) is 0 Å². The average Bonchev–Trinajstić information content (AvgIpc) is 2.61. The first-order valence-electron chi connectivity index (χ1n) is 8.15. The van der Waals surface area contributed by atoms with Crippen molar-refractivity contribution < 1.29 is 9.53 Å². The number of amides is 2. The summed E-state index contributed by atoms with van der Waals surface area (Å²) in [7, 11) is 0. The summed E-state index contributed by atoms with van der Waals surface area (Å²) in [5.74, 6) is 0.768. The smallest absolute Gasteiger partial charge is 0.326 e. The first-order chi connectivity index (χ1) is 11.2. The van der Waals surface area contributed by atoms with Gasteiger partial charge in [-0.3, -0.25) is 4.90 Å². The molecule has 0 fully saturated rings. The number of fused-ring (bicyclic) bond motifs is 1. The topological polar surface area (TPSA) is 41.6 Å². The van der Waals surface area contributed by atoms with Crippen LogP contribution in [0.15, 0.2) is 48.5 Å². The minimum atomic E-state index is -0.111. The predicted octanol–water partition coefficient (Wildman–Crippen LogP) is 4.46. The standard InChI is InChI=1S/C19H22N2O2/c1-3-14-9-5-6-10-16(14)20-19(22)21-13-15(4-2)23-18-12-8-7-11-17(18)21/h5-12,15H,3-4,13H2,1-2H3,(H,20,22). The van der Waals surface area contributed by atoms with Crippen LogP contribution in [0.3, 0.4) is 0 Å². The Morgan fingerprint density at radius 1 is 1.17 bits per heavy atom. The molecule has 120 valence electrons. The van der Waals surface area contributed by atoms with Crippen molar-refractivity contribution in [1.29, 1.82) is 0 Å². The molecule has 3 rings (SSSR count). The van der Waals surface area contributed by atoms with Crippen molar-refractivity contribution in [3.63, 3.8) is 0 Å². The maximum Gasteiger partial charge on any atom is 0.326 e. The second-order valence-electron chi connectivity index (χ2n) is 5.67. The van der Waals surface area contributed by atoms with Crippen LogP contribution >= 0.6 is 0 Å². The first kappa shape index (κ1) is 15.4. The summed E-state index contributed by atoms with van der Waals surface area (Å²) >= 11 is 0. The van der Waals surface area contributed by atoms with Crippen LogP contribution < -0.4 is 15.0 Å². The number of nitrogens with zero attached hydrogens (tertiary/aromatic N) is 1. The molecule has 0 saturated heterocycles. The lowest BCUT2D eigenvalue weighted by Crippen LogP contribution is -2.45. The Labute approximate surface area is 137 Å². The van der Waals surface area contributed by atoms with Gasteiger partial charge in [-0.1, -0.05) is 44.2 Å². The van der Waals surface area contributed by atoms with Crippen molar-refractivity contribution in [3.8, 4) is 5.75 Å². The van der Waals surface area contributed by atoms with Crippen LogP contribution in [0.4, 0.5) is 16.2 Å². The molecule has 1 aliphatic heterocycles. The molecule has 0 saturated carbocycles. The largest absolute Gasteiger partial charge is 0.486 e. The summed E-state index contributed by atoms with van der Waals surface area (Å²) < 4.78 is 5.93. The van der Waals surface area contributed by atoms with Crippen LogP contribution in [0.2, 0.25) is 0 Å². The van der Waals surface area contributed by atoms with Crippen LogP contribution in [0.5, 0.6) is 5.75 Å². The number of aryl methyl sites for hydroxylation is 1. The lowest BCUT2D eigenvalue weighted by atomic mass is 10.1. The molecular weight excluding hydrogens is 288 g/mol. The summed E-state index contributed by atoms with van der Waals surface area (Å²) in [4.78, 5) is 14.6. The van der Waals surface area contributed by atoms with Crippen molar-refractivity contribution in [2.24, 2.45) is 0 Å². The normalized spacial score (nSPS) is 16.4. The monoisotopic (exact) mass is 310 g/mol. The molecule has 1 unspecified atom stereocenters. The van der Waals surface area contributed by atoms with Crippen LogP contribution in [-0.4, -0.2) is 18.7 Å². The van der Waals surface area contributed by atoms with Gasteiger partial charge in [0.25, 0.3) is 0 Å². The van der Waals surface area contributed by atoms with E-state index in [-0.39, 0.29) is 12.1 Å². The average molecular weight is 310 g/mol. The van der Waals surface area contributed by atoms with Crippen molar-refractivity contribution >= 4 is 17.4 Å². The Balaban J connectivity index is 1.87. The summed E-state index contributed by atoms with van der Waals surface area (Å²) in [6, 6.07) is 15.5. The first-order valence-corrected chi connectivity index (χ1v) is 8.15. The van der Waals surface area contributed by atoms with Crippen LogP contribution in [-0.2, 0) is 6.42 Å². The number of anilines is 2. The maximum atomic E-state index is 12.8. The van der Waals surface area contributed by atoms with Gasteiger partial charge in [0.1, 0.15) is 11.9 Å². The fourth-order valence-corrected chi connectivity index (χ4v) is 2.84. The van der Waals surface area contributed by atoms with Gasteiger partial charge >= 0.3 is 6.03 Å². The Morgan fingerprint density at radius 2 is 1.91 bits per heavy atom. The van der Waals surface area contributed by atoms with Crippen LogP contribution in [0.25, 0.3) is 0 Å². The molecule has 1 atom stereocenters. The summed E-state index contributed by atoms with van der Waals surface area (Å²) in [5.41, 5.74) is 2.83. The van der Waals surface area contributed by atoms with E-state index in [1.54, 1.807) is 4.90 Å². The van der Waals surface area contributed by atoms with Gasteiger partial charge < -0.3 is 10.1 Å². The van der Waals surface area contributed by atoms with Gasteiger partial charge in [-0.15, -0.1) is 0 Å². The molecule has 0 radical (unpaired) electrons. The summed E-state index contributed by atoms with van der Waals surface area (Å²) in [6.07, 6.45) is 1.77. The number of urea groups is 1. The molecule has 0 bridgehead atoms. The van der Waals surface area contributed by atoms with E-state index in [9.17, 15) is 4.79 Å².